The molecular weight excluding hydrogens is 343 g/mol. The van der Waals surface area contributed by atoms with Gasteiger partial charge in [0.2, 0.25) is 0 Å². The van der Waals surface area contributed by atoms with Crippen LogP contribution in [0.25, 0.3) is 0 Å². The summed E-state index contributed by atoms with van der Waals surface area (Å²) in [5.41, 5.74) is -0.549. The van der Waals surface area contributed by atoms with E-state index in [-0.39, 0.29) is 6.16 Å². The van der Waals surface area contributed by atoms with E-state index in [4.69, 9.17) is 4.52 Å². The normalized spacial score (nSPS) is 14.8. The van der Waals surface area contributed by atoms with Gasteiger partial charge in [0.15, 0.2) is 0 Å². The average molecular weight is 389 g/mol. The first-order chi connectivity index (χ1) is 12.3. The van der Waals surface area contributed by atoms with Crippen LogP contribution in [0.5, 0.6) is 0 Å². The largest absolute Gasteiger partial charge is 0.328 e. The van der Waals surface area contributed by atoms with Gasteiger partial charge in [-0.2, -0.15) is 0 Å². The van der Waals surface area contributed by atoms with E-state index in [1.54, 1.807) is 0 Å². The fourth-order valence-electron chi connectivity index (χ4n) is 3.03. The monoisotopic (exact) mass is 388 g/mol. The van der Waals surface area contributed by atoms with Gasteiger partial charge in [-0.25, -0.2) is 0 Å². The molecule has 0 saturated carbocycles. The third-order valence-electron chi connectivity index (χ3n) is 4.37. The molecule has 0 aliphatic heterocycles. The SMILES string of the molecule is CCCCCCCC/C=C\CCCCCCCCP(=O)(O)OC(C)(C)C. The number of hydrogen-bond donors (Lipinski definition) is 1. The van der Waals surface area contributed by atoms with Crippen LogP contribution in [0.2, 0.25) is 0 Å². The lowest BCUT2D eigenvalue weighted by Crippen LogP contribution is -2.18. The Hall–Kier alpha value is -0.110. The van der Waals surface area contributed by atoms with Gasteiger partial charge in [-0.05, 0) is 52.9 Å². The van der Waals surface area contributed by atoms with Crippen molar-refractivity contribution < 1.29 is 14.0 Å². The Labute approximate surface area is 163 Å². The highest BCUT2D eigenvalue weighted by Gasteiger charge is 2.26. The van der Waals surface area contributed by atoms with Gasteiger partial charge in [-0.15, -0.1) is 0 Å². The second-order valence-electron chi connectivity index (χ2n) is 8.50. The van der Waals surface area contributed by atoms with Gasteiger partial charge in [-0.3, -0.25) is 4.57 Å². The molecule has 1 atom stereocenters. The lowest BCUT2D eigenvalue weighted by molar-refractivity contribution is 0.111. The minimum absolute atomic E-state index is 0.283. The minimum atomic E-state index is -3.41. The summed E-state index contributed by atoms with van der Waals surface area (Å²) in [5, 5.41) is 0. The smallest absolute Gasteiger partial charge is 0.324 e. The molecule has 0 aliphatic carbocycles. The molecule has 0 aromatic carbocycles. The molecule has 1 N–H and O–H groups in total. The maximum absolute atomic E-state index is 11.9. The maximum atomic E-state index is 11.9. The van der Waals surface area contributed by atoms with Crippen molar-refractivity contribution in [2.24, 2.45) is 0 Å². The van der Waals surface area contributed by atoms with Crippen LogP contribution in [-0.2, 0) is 9.09 Å². The number of unbranched alkanes of at least 4 members (excludes halogenated alkanes) is 12. The van der Waals surface area contributed by atoms with Gasteiger partial charge in [-0.1, -0.05) is 76.9 Å². The molecule has 0 radical (unpaired) electrons. The molecule has 0 amide bonds. The highest BCUT2D eigenvalue weighted by molar-refractivity contribution is 7.52. The highest BCUT2D eigenvalue weighted by Crippen LogP contribution is 2.46. The van der Waals surface area contributed by atoms with E-state index in [0.717, 1.165) is 19.3 Å². The average Bonchev–Trinajstić information content (AvgIpc) is 2.52. The van der Waals surface area contributed by atoms with Crippen LogP contribution >= 0.6 is 7.60 Å². The summed E-state index contributed by atoms with van der Waals surface area (Å²) in [4.78, 5) is 9.79. The Morgan fingerprint density at radius 3 is 1.65 bits per heavy atom. The van der Waals surface area contributed by atoms with E-state index >= 15 is 0 Å². The Kier molecular flexibility index (Phi) is 15.8. The second kappa shape index (κ2) is 15.9. The van der Waals surface area contributed by atoms with Gasteiger partial charge in [0.05, 0.1) is 11.8 Å². The Balaban J connectivity index is 3.36. The second-order valence-corrected chi connectivity index (χ2v) is 10.4. The van der Waals surface area contributed by atoms with Crippen LogP contribution in [0.4, 0.5) is 0 Å². The number of allylic oxidation sites excluding steroid dienone is 2. The Morgan fingerprint density at radius 2 is 1.19 bits per heavy atom. The fourth-order valence-corrected chi connectivity index (χ4v) is 4.60. The van der Waals surface area contributed by atoms with Gasteiger partial charge in [0.1, 0.15) is 0 Å². The van der Waals surface area contributed by atoms with E-state index in [2.05, 4.69) is 19.1 Å². The molecule has 0 aliphatic rings. The summed E-state index contributed by atoms with van der Waals surface area (Å²) < 4.78 is 17.2. The van der Waals surface area contributed by atoms with Crippen LogP contribution < -0.4 is 0 Å². The number of rotatable bonds is 17. The van der Waals surface area contributed by atoms with E-state index in [0.29, 0.717) is 0 Å². The van der Waals surface area contributed by atoms with E-state index in [1.165, 1.54) is 70.6 Å². The van der Waals surface area contributed by atoms with Gasteiger partial charge in [0, 0.05) is 0 Å². The first-order valence-electron chi connectivity index (χ1n) is 10.9. The van der Waals surface area contributed by atoms with Crippen LogP contribution in [0, 0.1) is 0 Å². The summed E-state index contributed by atoms with van der Waals surface area (Å²) >= 11 is 0. The third kappa shape index (κ3) is 20.2. The fraction of sp³-hybridized carbons (Fsp3) is 0.909. The zero-order chi connectivity index (χ0) is 19.7. The molecule has 0 aromatic rings. The molecule has 0 rings (SSSR count). The lowest BCUT2D eigenvalue weighted by atomic mass is 10.1. The van der Waals surface area contributed by atoms with Crippen molar-refractivity contribution in [2.45, 2.75) is 123 Å². The van der Waals surface area contributed by atoms with Crippen molar-refractivity contribution in [3.8, 4) is 0 Å². The van der Waals surface area contributed by atoms with Crippen LogP contribution in [0.3, 0.4) is 0 Å². The molecule has 0 bridgehead atoms. The van der Waals surface area contributed by atoms with Crippen molar-refractivity contribution in [1.82, 2.24) is 0 Å². The molecule has 0 fully saturated rings. The van der Waals surface area contributed by atoms with E-state index < -0.39 is 13.2 Å². The predicted molar refractivity (Wildman–Crippen MR) is 115 cm³/mol. The maximum Gasteiger partial charge on any atom is 0.328 e. The standard InChI is InChI=1S/C22H45O3P/c1-5-6-7-8-9-10-11-12-13-14-15-16-17-18-19-20-21-26(23,24)25-22(2,3)4/h12-13H,5-11,14-21H2,1-4H3,(H,23,24)/b13-12-. The predicted octanol–water partition coefficient (Wildman–Crippen LogP) is 8.02. The van der Waals surface area contributed by atoms with Crippen molar-refractivity contribution >= 4 is 7.60 Å². The summed E-state index contributed by atoms with van der Waals surface area (Å²) in [6, 6.07) is 0. The highest BCUT2D eigenvalue weighted by atomic mass is 31.2. The molecule has 1 unspecified atom stereocenters. The third-order valence-corrected chi connectivity index (χ3v) is 6.08. The molecule has 26 heavy (non-hydrogen) atoms. The minimum Gasteiger partial charge on any atom is -0.324 e. The first kappa shape index (κ1) is 25.9. The zero-order valence-corrected chi connectivity index (χ0v) is 18.9. The number of hydrogen-bond acceptors (Lipinski definition) is 2. The molecule has 4 heteroatoms. The van der Waals surface area contributed by atoms with Crippen molar-refractivity contribution in [1.29, 1.82) is 0 Å². The van der Waals surface area contributed by atoms with Gasteiger partial charge < -0.3 is 9.42 Å². The zero-order valence-electron chi connectivity index (χ0n) is 18.0. The van der Waals surface area contributed by atoms with Crippen LogP contribution in [0.15, 0.2) is 12.2 Å². The quantitative estimate of drug-likeness (QED) is 0.156. The molecule has 0 saturated heterocycles. The molecule has 0 heterocycles. The first-order valence-corrected chi connectivity index (χ1v) is 12.7. The summed E-state index contributed by atoms with van der Waals surface area (Å²) in [5.74, 6) is 0. The lowest BCUT2D eigenvalue weighted by Gasteiger charge is -2.23. The Bertz CT molecular complexity index is 385. The van der Waals surface area contributed by atoms with Crippen molar-refractivity contribution in [2.75, 3.05) is 6.16 Å². The molecule has 0 spiro atoms. The Morgan fingerprint density at radius 1 is 0.769 bits per heavy atom. The van der Waals surface area contributed by atoms with E-state index in [1.807, 2.05) is 20.8 Å². The summed E-state index contributed by atoms with van der Waals surface area (Å²) in [7, 11) is -3.41. The molecule has 156 valence electrons. The molecule has 3 nitrogen and oxygen atoms in total. The van der Waals surface area contributed by atoms with Gasteiger partial charge in [0.25, 0.3) is 0 Å². The summed E-state index contributed by atoms with van der Waals surface area (Å²) in [6.45, 7) is 7.72. The van der Waals surface area contributed by atoms with Crippen LogP contribution in [0.1, 0.15) is 118 Å². The summed E-state index contributed by atoms with van der Waals surface area (Å²) in [6.07, 6.45) is 22.4. The van der Waals surface area contributed by atoms with Crippen LogP contribution in [-0.4, -0.2) is 16.7 Å². The van der Waals surface area contributed by atoms with Crippen molar-refractivity contribution in [3.05, 3.63) is 12.2 Å². The topological polar surface area (TPSA) is 46.5 Å². The molecular formula is C22H45O3P. The van der Waals surface area contributed by atoms with Crippen molar-refractivity contribution in [3.63, 3.8) is 0 Å². The molecule has 0 aromatic heterocycles. The van der Waals surface area contributed by atoms with E-state index in [9.17, 15) is 9.46 Å². The van der Waals surface area contributed by atoms with Gasteiger partial charge >= 0.3 is 7.60 Å².